The van der Waals surface area contributed by atoms with E-state index in [0.717, 1.165) is 11.8 Å². The minimum atomic E-state index is 0.480. The van der Waals surface area contributed by atoms with Gasteiger partial charge in [0.15, 0.2) is 0 Å². The monoisotopic (exact) mass is 195 g/mol. The third-order valence-corrected chi connectivity index (χ3v) is 3.75. The zero-order valence-corrected chi connectivity index (χ0v) is 10.1. The summed E-state index contributed by atoms with van der Waals surface area (Å²) in [5, 5.41) is 0. The molecule has 0 aromatic heterocycles. The third kappa shape index (κ3) is 2.50. The van der Waals surface area contributed by atoms with E-state index in [2.05, 4.69) is 25.7 Å². The van der Waals surface area contributed by atoms with Crippen LogP contribution in [0.5, 0.6) is 0 Å². The van der Waals surface area contributed by atoms with Crippen LogP contribution in [0.1, 0.15) is 46.5 Å². The lowest BCUT2D eigenvalue weighted by molar-refractivity contribution is 0.218. The number of rotatable bonds is 1. The van der Waals surface area contributed by atoms with Crippen LogP contribution in [0.2, 0.25) is 0 Å². The van der Waals surface area contributed by atoms with Gasteiger partial charge < -0.3 is 4.90 Å². The van der Waals surface area contributed by atoms with E-state index in [1.54, 1.807) is 0 Å². The van der Waals surface area contributed by atoms with E-state index in [1.165, 1.54) is 45.3 Å². The van der Waals surface area contributed by atoms with Crippen LogP contribution >= 0.6 is 0 Å². The highest BCUT2D eigenvalue weighted by Crippen LogP contribution is 2.36. The van der Waals surface area contributed by atoms with Crippen molar-refractivity contribution in [3.63, 3.8) is 0 Å². The zero-order chi connectivity index (χ0) is 10.2. The highest BCUT2D eigenvalue weighted by Gasteiger charge is 2.35. The van der Waals surface area contributed by atoms with Crippen LogP contribution < -0.4 is 0 Å². The van der Waals surface area contributed by atoms with Crippen LogP contribution in [0.25, 0.3) is 0 Å². The molecule has 0 amide bonds. The predicted octanol–water partition coefficient (Wildman–Crippen LogP) is 3.15. The Kier molecular flexibility index (Phi) is 2.88. The van der Waals surface area contributed by atoms with Gasteiger partial charge in [0.1, 0.15) is 0 Å². The molecule has 1 nitrogen and oxygen atoms in total. The Morgan fingerprint density at radius 1 is 1.00 bits per heavy atom. The number of nitrogens with zero attached hydrogens (tertiary/aromatic N) is 1. The normalized spacial score (nSPS) is 34.5. The van der Waals surface area contributed by atoms with Gasteiger partial charge in [-0.1, -0.05) is 33.6 Å². The summed E-state index contributed by atoms with van der Waals surface area (Å²) in [6.45, 7) is 11.1. The molecule has 1 aliphatic heterocycles. The zero-order valence-electron chi connectivity index (χ0n) is 10.1. The summed E-state index contributed by atoms with van der Waals surface area (Å²) in [6, 6.07) is 0. The number of fused-ring (bicyclic) bond motifs is 1. The third-order valence-electron chi connectivity index (χ3n) is 3.75. The van der Waals surface area contributed by atoms with E-state index in [0.29, 0.717) is 5.41 Å². The molecular weight excluding hydrogens is 170 g/mol. The van der Waals surface area contributed by atoms with Gasteiger partial charge in [-0.25, -0.2) is 0 Å². The second kappa shape index (κ2) is 3.84. The Labute approximate surface area is 88.9 Å². The first-order chi connectivity index (χ1) is 6.54. The van der Waals surface area contributed by atoms with Crippen LogP contribution in [0.15, 0.2) is 0 Å². The molecule has 0 radical (unpaired) electrons. The fourth-order valence-corrected chi connectivity index (χ4v) is 3.30. The van der Waals surface area contributed by atoms with Crippen LogP contribution in [0.3, 0.4) is 0 Å². The molecule has 0 aromatic carbocycles. The molecule has 0 bridgehead atoms. The molecule has 1 saturated heterocycles. The van der Waals surface area contributed by atoms with Crippen molar-refractivity contribution in [1.29, 1.82) is 0 Å². The fourth-order valence-electron chi connectivity index (χ4n) is 3.30. The second-order valence-corrected chi connectivity index (χ2v) is 6.56. The van der Waals surface area contributed by atoms with E-state index < -0.39 is 0 Å². The SMILES string of the molecule is CC(C)(C)CN1CC2CCCCC2C1. The maximum absolute atomic E-state index is 2.71. The maximum atomic E-state index is 2.71. The first-order valence-electron chi connectivity index (χ1n) is 6.27. The Hall–Kier alpha value is -0.0400. The van der Waals surface area contributed by atoms with Gasteiger partial charge in [0.25, 0.3) is 0 Å². The lowest BCUT2D eigenvalue weighted by Gasteiger charge is -2.26. The van der Waals surface area contributed by atoms with Crippen LogP contribution in [0.4, 0.5) is 0 Å². The Morgan fingerprint density at radius 2 is 1.50 bits per heavy atom. The highest BCUT2D eigenvalue weighted by atomic mass is 15.2. The van der Waals surface area contributed by atoms with Crippen molar-refractivity contribution in [2.45, 2.75) is 46.5 Å². The summed E-state index contributed by atoms with van der Waals surface area (Å²) in [5.41, 5.74) is 0.480. The van der Waals surface area contributed by atoms with Crippen molar-refractivity contribution >= 4 is 0 Å². The molecule has 14 heavy (non-hydrogen) atoms. The van der Waals surface area contributed by atoms with Gasteiger partial charge in [-0.15, -0.1) is 0 Å². The van der Waals surface area contributed by atoms with E-state index in [1.807, 2.05) is 0 Å². The molecule has 82 valence electrons. The summed E-state index contributed by atoms with van der Waals surface area (Å²) in [7, 11) is 0. The van der Waals surface area contributed by atoms with Crippen LogP contribution in [-0.2, 0) is 0 Å². The molecule has 2 unspecified atom stereocenters. The topological polar surface area (TPSA) is 3.24 Å². The molecule has 1 heterocycles. The Morgan fingerprint density at radius 3 is 1.93 bits per heavy atom. The summed E-state index contributed by atoms with van der Waals surface area (Å²) >= 11 is 0. The van der Waals surface area contributed by atoms with Crippen LogP contribution in [-0.4, -0.2) is 24.5 Å². The summed E-state index contributed by atoms with van der Waals surface area (Å²) < 4.78 is 0. The lowest BCUT2D eigenvalue weighted by atomic mass is 9.82. The van der Waals surface area contributed by atoms with Gasteiger partial charge in [-0.3, -0.25) is 0 Å². The first-order valence-corrected chi connectivity index (χ1v) is 6.27. The van der Waals surface area contributed by atoms with Gasteiger partial charge in [0, 0.05) is 19.6 Å². The molecule has 1 aliphatic carbocycles. The summed E-state index contributed by atoms with van der Waals surface area (Å²) in [6.07, 6.45) is 5.99. The van der Waals surface area contributed by atoms with Gasteiger partial charge >= 0.3 is 0 Å². The van der Waals surface area contributed by atoms with Crippen molar-refractivity contribution in [2.75, 3.05) is 19.6 Å². The molecule has 0 N–H and O–H groups in total. The predicted molar refractivity (Wildman–Crippen MR) is 61.3 cm³/mol. The van der Waals surface area contributed by atoms with E-state index >= 15 is 0 Å². The molecule has 0 aromatic rings. The Bertz CT molecular complexity index is 178. The average Bonchev–Trinajstić information content (AvgIpc) is 2.42. The lowest BCUT2D eigenvalue weighted by Crippen LogP contribution is -2.31. The van der Waals surface area contributed by atoms with E-state index in [-0.39, 0.29) is 0 Å². The molecule has 2 atom stereocenters. The van der Waals surface area contributed by atoms with Gasteiger partial charge in [0.2, 0.25) is 0 Å². The molecule has 2 rings (SSSR count). The van der Waals surface area contributed by atoms with Crippen molar-refractivity contribution in [1.82, 2.24) is 4.90 Å². The minimum Gasteiger partial charge on any atom is -0.302 e. The van der Waals surface area contributed by atoms with Crippen molar-refractivity contribution in [3.8, 4) is 0 Å². The average molecular weight is 195 g/mol. The number of hydrogen-bond acceptors (Lipinski definition) is 1. The number of hydrogen-bond donors (Lipinski definition) is 0. The van der Waals surface area contributed by atoms with Crippen molar-refractivity contribution < 1.29 is 0 Å². The molecule has 2 fully saturated rings. The maximum Gasteiger partial charge on any atom is 0.00303 e. The molecule has 1 heteroatoms. The second-order valence-electron chi connectivity index (χ2n) is 6.56. The quantitative estimate of drug-likeness (QED) is 0.621. The molecular formula is C13H25N. The standard InChI is InChI=1S/C13H25N/c1-13(2,3)10-14-8-11-6-4-5-7-12(11)9-14/h11-12H,4-10H2,1-3H3. The first kappa shape index (κ1) is 10.5. The molecule has 1 saturated carbocycles. The molecule has 0 spiro atoms. The van der Waals surface area contributed by atoms with Crippen molar-refractivity contribution in [3.05, 3.63) is 0 Å². The van der Waals surface area contributed by atoms with Gasteiger partial charge in [-0.2, -0.15) is 0 Å². The summed E-state index contributed by atoms with van der Waals surface area (Å²) in [4.78, 5) is 2.71. The van der Waals surface area contributed by atoms with Crippen LogP contribution in [0, 0.1) is 17.3 Å². The Balaban J connectivity index is 1.87. The molecule has 2 aliphatic rings. The number of likely N-dealkylation sites (tertiary alicyclic amines) is 1. The van der Waals surface area contributed by atoms with E-state index in [4.69, 9.17) is 0 Å². The van der Waals surface area contributed by atoms with E-state index in [9.17, 15) is 0 Å². The fraction of sp³-hybridized carbons (Fsp3) is 1.00. The van der Waals surface area contributed by atoms with Gasteiger partial charge in [-0.05, 0) is 30.1 Å². The summed E-state index contributed by atoms with van der Waals surface area (Å²) in [5.74, 6) is 2.09. The van der Waals surface area contributed by atoms with Gasteiger partial charge in [0.05, 0.1) is 0 Å². The smallest absolute Gasteiger partial charge is 0.00303 e. The van der Waals surface area contributed by atoms with Crippen molar-refractivity contribution in [2.24, 2.45) is 17.3 Å². The minimum absolute atomic E-state index is 0.480. The highest BCUT2D eigenvalue weighted by molar-refractivity contribution is 4.88. The largest absolute Gasteiger partial charge is 0.302 e.